The number of pyridine rings is 1. The maximum absolute atomic E-state index is 13.3. The van der Waals surface area contributed by atoms with Gasteiger partial charge in [-0.25, -0.2) is 14.1 Å². The van der Waals surface area contributed by atoms with Crippen molar-refractivity contribution in [3.63, 3.8) is 0 Å². The van der Waals surface area contributed by atoms with Gasteiger partial charge in [0.05, 0.1) is 27.7 Å². The molecule has 1 amide bonds. The molecule has 1 N–H and O–H groups in total. The minimum absolute atomic E-state index is 0.108. The van der Waals surface area contributed by atoms with Crippen molar-refractivity contribution >= 4 is 34.0 Å². The SMILES string of the molecule is CC(C)n1ncc2c(C(=O)NCC3CCN(c4ccc(F)cc4)C3)cc(-c3cccs3)nc21. The van der Waals surface area contributed by atoms with E-state index in [1.165, 1.54) is 12.1 Å². The number of benzene rings is 1. The van der Waals surface area contributed by atoms with Crippen LogP contribution < -0.4 is 10.2 Å². The Balaban J connectivity index is 1.34. The highest BCUT2D eigenvalue weighted by atomic mass is 32.1. The second-order valence-electron chi connectivity index (χ2n) is 8.74. The molecular formula is C25H26FN5OS. The topological polar surface area (TPSA) is 63.1 Å². The average molecular weight is 464 g/mol. The number of amides is 1. The van der Waals surface area contributed by atoms with Crippen LogP contribution in [0.3, 0.4) is 0 Å². The molecular weight excluding hydrogens is 437 g/mol. The van der Waals surface area contributed by atoms with Gasteiger partial charge in [-0.15, -0.1) is 11.3 Å². The zero-order valence-electron chi connectivity index (χ0n) is 18.7. The van der Waals surface area contributed by atoms with Crippen molar-refractivity contribution in [2.24, 2.45) is 5.92 Å². The summed E-state index contributed by atoms with van der Waals surface area (Å²) in [5.74, 6) is 0.00311. The normalized spacial score (nSPS) is 16.1. The third kappa shape index (κ3) is 4.35. The van der Waals surface area contributed by atoms with E-state index >= 15 is 0 Å². The summed E-state index contributed by atoms with van der Waals surface area (Å²) in [5, 5.41) is 10.4. The summed E-state index contributed by atoms with van der Waals surface area (Å²) in [6, 6.07) is 12.6. The Bertz CT molecular complexity index is 1270. The van der Waals surface area contributed by atoms with E-state index in [1.807, 2.05) is 40.4 Å². The Morgan fingerprint density at radius 2 is 2.09 bits per heavy atom. The monoisotopic (exact) mass is 463 g/mol. The first kappa shape index (κ1) is 21.6. The quantitative estimate of drug-likeness (QED) is 0.430. The number of nitrogens with zero attached hydrogens (tertiary/aromatic N) is 4. The van der Waals surface area contributed by atoms with Gasteiger partial charge in [0.15, 0.2) is 5.65 Å². The number of aromatic nitrogens is 3. The molecule has 1 aliphatic heterocycles. The number of hydrogen-bond acceptors (Lipinski definition) is 5. The predicted octanol–water partition coefficient (Wildman–Crippen LogP) is 5.14. The van der Waals surface area contributed by atoms with Crippen LogP contribution in [-0.2, 0) is 0 Å². The highest BCUT2D eigenvalue weighted by Crippen LogP contribution is 2.29. The summed E-state index contributed by atoms with van der Waals surface area (Å²) in [5.41, 5.74) is 3.13. The van der Waals surface area contributed by atoms with Crippen LogP contribution in [0.5, 0.6) is 0 Å². The maximum atomic E-state index is 13.3. The molecule has 33 heavy (non-hydrogen) atoms. The molecule has 0 saturated carbocycles. The molecule has 0 radical (unpaired) electrons. The van der Waals surface area contributed by atoms with E-state index in [9.17, 15) is 9.18 Å². The van der Waals surface area contributed by atoms with Crippen LogP contribution in [0.1, 0.15) is 36.7 Å². The molecule has 0 spiro atoms. The third-order valence-electron chi connectivity index (χ3n) is 6.10. The van der Waals surface area contributed by atoms with Gasteiger partial charge < -0.3 is 10.2 Å². The largest absolute Gasteiger partial charge is 0.371 e. The first-order valence-electron chi connectivity index (χ1n) is 11.2. The average Bonchev–Trinajstić information content (AvgIpc) is 3.58. The zero-order valence-corrected chi connectivity index (χ0v) is 19.5. The Morgan fingerprint density at radius 3 is 2.82 bits per heavy atom. The lowest BCUT2D eigenvalue weighted by molar-refractivity contribution is 0.0950. The minimum atomic E-state index is -0.229. The van der Waals surface area contributed by atoms with Gasteiger partial charge in [0.2, 0.25) is 0 Å². The van der Waals surface area contributed by atoms with Gasteiger partial charge in [-0.05, 0) is 68.0 Å². The Labute approximate surface area is 196 Å². The molecule has 1 aromatic carbocycles. The van der Waals surface area contributed by atoms with Crippen LogP contribution in [0, 0.1) is 11.7 Å². The van der Waals surface area contributed by atoms with Crippen molar-refractivity contribution in [1.82, 2.24) is 20.1 Å². The van der Waals surface area contributed by atoms with E-state index in [-0.39, 0.29) is 17.8 Å². The summed E-state index contributed by atoms with van der Waals surface area (Å²) in [6.07, 6.45) is 2.72. The minimum Gasteiger partial charge on any atom is -0.371 e. The Kier molecular flexibility index (Phi) is 5.85. The van der Waals surface area contributed by atoms with Gasteiger partial charge >= 0.3 is 0 Å². The molecule has 1 aliphatic rings. The zero-order chi connectivity index (χ0) is 22.9. The first-order chi connectivity index (χ1) is 16.0. The molecule has 0 aliphatic carbocycles. The summed E-state index contributed by atoms with van der Waals surface area (Å²) in [4.78, 5) is 21.4. The molecule has 6 nitrogen and oxygen atoms in total. The summed E-state index contributed by atoms with van der Waals surface area (Å²) >= 11 is 1.60. The van der Waals surface area contributed by atoms with Crippen LogP contribution >= 0.6 is 11.3 Å². The van der Waals surface area contributed by atoms with E-state index in [4.69, 9.17) is 4.98 Å². The third-order valence-corrected chi connectivity index (χ3v) is 7.00. The Hall–Kier alpha value is -3.26. The molecule has 3 aromatic heterocycles. The van der Waals surface area contributed by atoms with Crippen molar-refractivity contribution in [3.05, 3.63) is 65.4 Å². The molecule has 1 fully saturated rings. The number of nitrogens with one attached hydrogen (secondary N) is 1. The molecule has 170 valence electrons. The summed E-state index contributed by atoms with van der Waals surface area (Å²) in [7, 11) is 0. The van der Waals surface area contributed by atoms with Crippen molar-refractivity contribution in [3.8, 4) is 10.6 Å². The van der Waals surface area contributed by atoms with Gasteiger partial charge in [0, 0.05) is 31.4 Å². The molecule has 4 heterocycles. The van der Waals surface area contributed by atoms with E-state index in [0.29, 0.717) is 18.0 Å². The van der Waals surface area contributed by atoms with Crippen molar-refractivity contribution in [1.29, 1.82) is 0 Å². The van der Waals surface area contributed by atoms with E-state index in [1.54, 1.807) is 17.5 Å². The lowest BCUT2D eigenvalue weighted by Crippen LogP contribution is -2.31. The van der Waals surface area contributed by atoms with Crippen molar-refractivity contribution in [2.45, 2.75) is 26.3 Å². The number of hydrogen-bond donors (Lipinski definition) is 1. The molecule has 1 unspecified atom stereocenters. The van der Waals surface area contributed by atoms with Crippen LogP contribution in [0.2, 0.25) is 0 Å². The molecule has 1 saturated heterocycles. The number of rotatable bonds is 6. The fourth-order valence-corrected chi connectivity index (χ4v) is 5.04. The number of carbonyl (C=O) groups is 1. The number of anilines is 1. The van der Waals surface area contributed by atoms with Crippen molar-refractivity contribution in [2.75, 3.05) is 24.5 Å². The van der Waals surface area contributed by atoms with E-state index < -0.39 is 0 Å². The molecule has 1 atom stereocenters. The smallest absolute Gasteiger partial charge is 0.252 e. The van der Waals surface area contributed by atoms with Crippen LogP contribution in [-0.4, -0.2) is 40.3 Å². The summed E-state index contributed by atoms with van der Waals surface area (Å²) < 4.78 is 15.1. The standard InChI is InChI=1S/C25H26FN5OS/c1-16(2)31-24-21(14-28-31)20(12-22(29-24)23-4-3-11-33-23)25(32)27-13-17-9-10-30(15-17)19-7-5-18(26)6-8-19/h3-8,11-12,14,16-17H,9-10,13,15H2,1-2H3,(H,27,32). The summed E-state index contributed by atoms with van der Waals surface area (Å²) in [6.45, 7) is 6.43. The van der Waals surface area contributed by atoms with Gasteiger partial charge in [-0.1, -0.05) is 6.07 Å². The van der Waals surface area contributed by atoms with E-state index in [2.05, 4.69) is 29.2 Å². The van der Waals surface area contributed by atoms with Gasteiger partial charge in [0.1, 0.15) is 5.82 Å². The number of carbonyl (C=O) groups excluding carboxylic acids is 1. The lowest BCUT2D eigenvalue weighted by atomic mass is 10.1. The highest BCUT2D eigenvalue weighted by Gasteiger charge is 2.24. The molecule has 8 heteroatoms. The van der Waals surface area contributed by atoms with Gasteiger partial charge in [0.25, 0.3) is 5.91 Å². The lowest BCUT2D eigenvalue weighted by Gasteiger charge is -2.19. The number of fused-ring (bicyclic) bond motifs is 1. The van der Waals surface area contributed by atoms with E-state index in [0.717, 1.165) is 46.8 Å². The number of thiophene rings is 1. The second-order valence-corrected chi connectivity index (χ2v) is 9.69. The van der Waals surface area contributed by atoms with Gasteiger partial charge in [-0.2, -0.15) is 5.10 Å². The van der Waals surface area contributed by atoms with Crippen molar-refractivity contribution < 1.29 is 9.18 Å². The molecule has 0 bridgehead atoms. The second kappa shape index (κ2) is 8.94. The van der Waals surface area contributed by atoms with Crippen LogP contribution in [0.4, 0.5) is 10.1 Å². The van der Waals surface area contributed by atoms with Crippen LogP contribution in [0.15, 0.2) is 54.0 Å². The van der Waals surface area contributed by atoms with Crippen LogP contribution in [0.25, 0.3) is 21.6 Å². The van der Waals surface area contributed by atoms with Gasteiger partial charge in [-0.3, -0.25) is 4.79 Å². The fourth-order valence-electron chi connectivity index (χ4n) is 4.35. The highest BCUT2D eigenvalue weighted by molar-refractivity contribution is 7.13. The Morgan fingerprint density at radius 1 is 1.27 bits per heavy atom. The predicted molar refractivity (Wildman–Crippen MR) is 130 cm³/mol. The first-order valence-corrected chi connectivity index (χ1v) is 12.1. The fraction of sp³-hybridized carbons (Fsp3) is 0.320. The number of halogens is 1. The molecule has 5 rings (SSSR count). The maximum Gasteiger partial charge on any atom is 0.252 e. The molecule has 4 aromatic rings.